The molecule has 0 aromatic heterocycles. The fourth-order valence-electron chi connectivity index (χ4n) is 1.74. The van der Waals surface area contributed by atoms with Gasteiger partial charge < -0.3 is 19.6 Å². The number of hydrogen-bond acceptors (Lipinski definition) is 5. The molecule has 0 spiro atoms. The highest BCUT2D eigenvalue weighted by molar-refractivity contribution is 5.84. The smallest absolute Gasteiger partial charge is 0.0596 e. The second-order valence-electron chi connectivity index (χ2n) is 3.97. The first-order valence-electron chi connectivity index (χ1n) is 5.85. The molecule has 5 nitrogen and oxygen atoms in total. The van der Waals surface area contributed by atoms with E-state index in [2.05, 4.69) is 10.1 Å². The van der Waals surface area contributed by atoms with Crippen LogP contribution in [-0.2, 0) is 9.47 Å². The maximum absolute atomic E-state index is 8.61. The number of ether oxygens (including phenoxy) is 2. The molecule has 0 aliphatic carbocycles. The first-order chi connectivity index (χ1) is 7.86. The van der Waals surface area contributed by atoms with Gasteiger partial charge in [-0.1, -0.05) is 5.16 Å². The van der Waals surface area contributed by atoms with Crippen LogP contribution in [0.15, 0.2) is 5.16 Å². The third-order valence-electron chi connectivity index (χ3n) is 2.76. The van der Waals surface area contributed by atoms with Gasteiger partial charge in [0.1, 0.15) is 0 Å². The van der Waals surface area contributed by atoms with Crippen molar-refractivity contribution in [3.63, 3.8) is 0 Å². The maximum atomic E-state index is 8.61. The van der Waals surface area contributed by atoms with Crippen LogP contribution in [0.2, 0.25) is 0 Å². The van der Waals surface area contributed by atoms with Crippen molar-refractivity contribution in [1.82, 2.24) is 4.90 Å². The van der Waals surface area contributed by atoms with Gasteiger partial charge in [-0.2, -0.15) is 0 Å². The Labute approximate surface area is 97.0 Å². The molecule has 0 aromatic carbocycles. The van der Waals surface area contributed by atoms with Gasteiger partial charge >= 0.3 is 0 Å². The van der Waals surface area contributed by atoms with Crippen molar-refractivity contribution in [3.05, 3.63) is 0 Å². The Morgan fingerprint density at radius 3 is 2.62 bits per heavy atom. The average Bonchev–Trinajstić information content (AvgIpc) is 2.34. The standard InChI is InChI=1S/C11H22N2O3/c1-15-8-2-9-16-10-7-13-5-3-11(12-14)4-6-13/h14H,2-10H2,1H3. The number of nitrogens with zero attached hydrogens (tertiary/aromatic N) is 2. The van der Waals surface area contributed by atoms with E-state index in [1.54, 1.807) is 7.11 Å². The van der Waals surface area contributed by atoms with Gasteiger partial charge in [-0.25, -0.2) is 0 Å². The zero-order valence-corrected chi connectivity index (χ0v) is 10.0. The van der Waals surface area contributed by atoms with E-state index in [1.807, 2.05) is 0 Å². The summed E-state index contributed by atoms with van der Waals surface area (Å²) in [5, 5.41) is 11.9. The van der Waals surface area contributed by atoms with E-state index in [9.17, 15) is 0 Å². The van der Waals surface area contributed by atoms with Gasteiger partial charge in [-0.3, -0.25) is 0 Å². The fraction of sp³-hybridized carbons (Fsp3) is 0.909. The molecule has 1 aliphatic rings. The molecule has 1 N–H and O–H groups in total. The Hall–Kier alpha value is -0.650. The van der Waals surface area contributed by atoms with Gasteiger partial charge in [-0.05, 0) is 6.42 Å². The van der Waals surface area contributed by atoms with Crippen molar-refractivity contribution >= 4 is 5.71 Å². The lowest BCUT2D eigenvalue weighted by molar-refractivity contribution is 0.0833. The number of piperidine rings is 1. The van der Waals surface area contributed by atoms with Crippen LogP contribution in [0.5, 0.6) is 0 Å². The summed E-state index contributed by atoms with van der Waals surface area (Å²) in [5.74, 6) is 0. The molecule has 0 amide bonds. The zero-order chi connectivity index (χ0) is 11.6. The van der Waals surface area contributed by atoms with Gasteiger partial charge in [0.05, 0.1) is 12.3 Å². The van der Waals surface area contributed by atoms with E-state index in [-0.39, 0.29) is 0 Å². The van der Waals surface area contributed by atoms with Crippen molar-refractivity contribution < 1.29 is 14.7 Å². The monoisotopic (exact) mass is 230 g/mol. The molecule has 1 aliphatic heterocycles. The molecule has 0 radical (unpaired) electrons. The first-order valence-corrected chi connectivity index (χ1v) is 5.85. The summed E-state index contributed by atoms with van der Waals surface area (Å²) in [6.45, 7) is 5.22. The van der Waals surface area contributed by atoms with E-state index in [0.29, 0.717) is 0 Å². The predicted octanol–water partition coefficient (Wildman–Crippen LogP) is 0.965. The number of rotatable bonds is 7. The minimum absolute atomic E-state index is 0.764. The SMILES string of the molecule is COCCCOCCN1CCC(=NO)CC1. The van der Waals surface area contributed by atoms with Crippen molar-refractivity contribution in [2.24, 2.45) is 5.16 Å². The molecular weight excluding hydrogens is 208 g/mol. The van der Waals surface area contributed by atoms with Gasteiger partial charge in [0.25, 0.3) is 0 Å². The summed E-state index contributed by atoms with van der Waals surface area (Å²) in [6, 6.07) is 0. The Morgan fingerprint density at radius 2 is 2.00 bits per heavy atom. The molecule has 1 saturated heterocycles. The summed E-state index contributed by atoms with van der Waals surface area (Å²) >= 11 is 0. The molecule has 0 unspecified atom stereocenters. The second-order valence-corrected chi connectivity index (χ2v) is 3.97. The lowest BCUT2D eigenvalue weighted by atomic mass is 10.1. The Kier molecular flexibility index (Phi) is 7.12. The van der Waals surface area contributed by atoms with E-state index >= 15 is 0 Å². The first kappa shape index (κ1) is 13.4. The fourth-order valence-corrected chi connectivity index (χ4v) is 1.74. The molecule has 1 fully saturated rings. The summed E-state index contributed by atoms with van der Waals surface area (Å²) < 4.78 is 10.4. The molecule has 5 heteroatoms. The van der Waals surface area contributed by atoms with Gasteiger partial charge in [-0.15, -0.1) is 0 Å². The molecular formula is C11H22N2O3. The predicted molar refractivity (Wildman–Crippen MR) is 62.2 cm³/mol. The van der Waals surface area contributed by atoms with Crippen molar-refractivity contribution in [2.45, 2.75) is 19.3 Å². The molecule has 94 valence electrons. The van der Waals surface area contributed by atoms with Crippen LogP contribution >= 0.6 is 0 Å². The zero-order valence-electron chi connectivity index (χ0n) is 10.0. The molecule has 1 rings (SSSR count). The molecule has 0 atom stereocenters. The number of oxime groups is 1. The van der Waals surface area contributed by atoms with Crippen LogP contribution in [-0.4, -0.2) is 62.4 Å². The largest absolute Gasteiger partial charge is 0.411 e. The summed E-state index contributed by atoms with van der Waals surface area (Å²) in [6.07, 6.45) is 2.71. The van der Waals surface area contributed by atoms with Crippen molar-refractivity contribution in [2.75, 3.05) is 46.6 Å². The Bertz CT molecular complexity index is 199. The third kappa shape index (κ3) is 5.44. The average molecular weight is 230 g/mol. The minimum Gasteiger partial charge on any atom is -0.411 e. The van der Waals surface area contributed by atoms with E-state index < -0.39 is 0 Å². The van der Waals surface area contributed by atoms with E-state index in [1.165, 1.54) is 0 Å². The summed E-state index contributed by atoms with van der Waals surface area (Å²) in [5.41, 5.74) is 0.914. The maximum Gasteiger partial charge on any atom is 0.0596 e. The van der Waals surface area contributed by atoms with Crippen LogP contribution in [0.1, 0.15) is 19.3 Å². The molecule has 1 heterocycles. The van der Waals surface area contributed by atoms with Gasteiger partial charge in [0.15, 0.2) is 0 Å². The normalized spacial score (nSPS) is 17.7. The van der Waals surface area contributed by atoms with Crippen LogP contribution in [0.25, 0.3) is 0 Å². The highest BCUT2D eigenvalue weighted by Gasteiger charge is 2.14. The quantitative estimate of drug-likeness (QED) is 0.402. The van der Waals surface area contributed by atoms with Crippen LogP contribution in [0.3, 0.4) is 0 Å². The van der Waals surface area contributed by atoms with Gasteiger partial charge in [0.2, 0.25) is 0 Å². The summed E-state index contributed by atoms with van der Waals surface area (Å²) in [7, 11) is 1.70. The Balaban J connectivity index is 1.94. The molecule has 0 aromatic rings. The molecule has 16 heavy (non-hydrogen) atoms. The summed E-state index contributed by atoms with van der Waals surface area (Å²) in [4.78, 5) is 2.34. The number of likely N-dealkylation sites (tertiary alicyclic amines) is 1. The lowest BCUT2D eigenvalue weighted by Crippen LogP contribution is -2.36. The number of hydrogen-bond donors (Lipinski definition) is 1. The van der Waals surface area contributed by atoms with Crippen LogP contribution < -0.4 is 0 Å². The minimum atomic E-state index is 0.764. The topological polar surface area (TPSA) is 54.3 Å². The van der Waals surface area contributed by atoms with Crippen molar-refractivity contribution in [1.29, 1.82) is 0 Å². The molecule has 0 bridgehead atoms. The van der Waals surface area contributed by atoms with Crippen molar-refractivity contribution in [3.8, 4) is 0 Å². The second kappa shape index (κ2) is 8.50. The van der Waals surface area contributed by atoms with E-state index in [0.717, 1.165) is 64.4 Å². The Morgan fingerprint density at radius 1 is 1.25 bits per heavy atom. The number of methoxy groups -OCH3 is 1. The van der Waals surface area contributed by atoms with Crippen LogP contribution in [0, 0.1) is 0 Å². The highest BCUT2D eigenvalue weighted by atomic mass is 16.5. The van der Waals surface area contributed by atoms with Gasteiger partial charge in [0, 0.05) is 52.8 Å². The lowest BCUT2D eigenvalue weighted by Gasteiger charge is -2.26. The third-order valence-corrected chi connectivity index (χ3v) is 2.76. The van der Waals surface area contributed by atoms with E-state index in [4.69, 9.17) is 14.7 Å². The highest BCUT2D eigenvalue weighted by Crippen LogP contribution is 2.06. The molecule has 0 saturated carbocycles. The van der Waals surface area contributed by atoms with Crippen LogP contribution in [0.4, 0.5) is 0 Å².